The zero-order valence-electron chi connectivity index (χ0n) is 13.5. The van der Waals surface area contributed by atoms with Crippen molar-refractivity contribution in [2.24, 2.45) is 5.92 Å². The van der Waals surface area contributed by atoms with Crippen molar-refractivity contribution in [1.29, 1.82) is 0 Å². The van der Waals surface area contributed by atoms with E-state index in [4.69, 9.17) is 0 Å². The number of nitrogens with one attached hydrogen (secondary N) is 1. The van der Waals surface area contributed by atoms with Crippen LogP contribution in [0.5, 0.6) is 0 Å². The lowest BCUT2D eigenvalue weighted by Crippen LogP contribution is -2.64. The lowest BCUT2D eigenvalue weighted by Gasteiger charge is -2.49. The smallest absolute Gasteiger partial charge is 0.0304 e. The van der Waals surface area contributed by atoms with Crippen molar-refractivity contribution in [3.8, 4) is 0 Å². The van der Waals surface area contributed by atoms with E-state index in [0.717, 1.165) is 19.0 Å². The summed E-state index contributed by atoms with van der Waals surface area (Å²) in [6.07, 6.45) is 3.70. The van der Waals surface area contributed by atoms with Crippen molar-refractivity contribution >= 4 is 11.3 Å². The van der Waals surface area contributed by atoms with Gasteiger partial charge in [0.25, 0.3) is 0 Å². The van der Waals surface area contributed by atoms with Crippen LogP contribution >= 0.6 is 11.3 Å². The first-order valence-corrected chi connectivity index (χ1v) is 9.08. The van der Waals surface area contributed by atoms with Gasteiger partial charge >= 0.3 is 0 Å². The van der Waals surface area contributed by atoms with E-state index < -0.39 is 0 Å². The maximum Gasteiger partial charge on any atom is 0.0304 e. The second kappa shape index (κ2) is 7.06. The number of nitrogens with zero attached hydrogens (tertiary/aromatic N) is 1. The van der Waals surface area contributed by atoms with Gasteiger partial charge in [-0.05, 0) is 41.1 Å². The van der Waals surface area contributed by atoms with Gasteiger partial charge in [0.15, 0.2) is 0 Å². The maximum absolute atomic E-state index is 3.87. The van der Waals surface area contributed by atoms with Crippen molar-refractivity contribution in [3.63, 3.8) is 0 Å². The van der Waals surface area contributed by atoms with Gasteiger partial charge in [-0.25, -0.2) is 0 Å². The molecular formula is C17H30N2S. The molecule has 0 aliphatic carbocycles. The molecule has 1 aromatic rings. The molecule has 20 heavy (non-hydrogen) atoms. The number of hydrogen-bond acceptors (Lipinski definition) is 3. The monoisotopic (exact) mass is 294 g/mol. The molecule has 1 N–H and O–H groups in total. The van der Waals surface area contributed by atoms with Gasteiger partial charge in [0.2, 0.25) is 0 Å². The molecule has 114 valence electrons. The van der Waals surface area contributed by atoms with Crippen LogP contribution in [0.25, 0.3) is 0 Å². The topological polar surface area (TPSA) is 15.3 Å². The third-order valence-corrected chi connectivity index (χ3v) is 6.01. The summed E-state index contributed by atoms with van der Waals surface area (Å²) < 4.78 is 0. The molecule has 1 aliphatic rings. The van der Waals surface area contributed by atoms with E-state index in [2.05, 4.69) is 54.7 Å². The van der Waals surface area contributed by atoms with Gasteiger partial charge < -0.3 is 5.32 Å². The summed E-state index contributed by atoms with van der Waals surface area (Å²) >= 11 is 1.81. The van der Waals surface area contributed by atoms with E-state index in [1.807, 2.05) is 11.3 Å². The summed E-state index contributed by atoms with van der Waals surface area (Å²) in [5, 5.41) is 8.37. The molecule has 2 nitrogen and oxygen atoms in total. The molecule has 2 unspecified atom stereocenters. The predicted octanol–water partition coefficient (Wildman–Crippen LogP) is 4.13. The Balaban J connectivity index is 2.14. The van der Waals surface area contributed by atoms with Crippen LogP contribution in [0.4, 0.5) is 0 Å². The molecule has 2 atom stereocenters. The zero-order valence-corrected chi connectivity index (χ0v) is 14.3. The fraction of sp³-hybridized carbons (Fsp3) is 0.765. The number of thiophene rings is 1. The van der Waals surface area contributed by atoms with E-state index in [1.54, 1.807) is 0 Å². The van der Waals surface area contributed by atoms with Gasteiger partial charge in [-0.3, -0.25) is 4.90 Å². The predicted molar refractivity (Wildman–Crippen MR) is 89.3 cm³/mol. The summed E-state index contributed by atoms with van der Waals surface area (Å²) in [5.41, 5.74) is 1.80. The summed E-state index contributed by atoms with van der Waals surface area (Å²) in [6, 6.07) is 2.95. The van der Waals surface area contributed by atoms with Crippen molar-refractivity contribution in [2.75, 3.05) is 13.1 Å². The molecule has 0 bridgehead atoms. The van der Waals surface area contributed by atoms with Gasteiger partial charge in [0, 0.05) is 31.2 Å². The number of piperazine rings is 1. The minimum atomic E-state index is 0.319. The van der Waals surface area contributed by atoms with E-state index in [9.17, 15) is 0 Å². The van der Waals surface area contributed by atoms with Crippen LogP contribution in [0, 0.1) is 5.92 Å². The second-order valence-electron chi connectivity index (χ2n) is 6.36. The highest BCUT2D eigenvalue weighted by Crippen LogP contribution is 2.28. The molecule has 0 saturated carbocycles. The summed E-state index contributed by atoms with van der Waals surface area (Å²) in [4.78, 5) is 2.74. The first-order chi connectivity index (χ1) is 9.64. The Kier molecular flexibility index (Phi) is 5.65. The molecule has 0 amide bonds. The lowest BCUT2D eigenvalue weighted by atomic mass is 9.85. The van der Waals surface area contributed by atoms with Crippen molar-refractivity contribution in [3.05, 3.63) is 22.4 Å². The molecule has 2 heterocycles. The van der Waals surface area contributed by atoms with E-state index >= 15 is 0 Å². The Morgan fingerprint density at radius 2 is 2.15 bits per heavy atom. The molecule has 0 aromatic carbocycles. The molecular weight excluding hydrogens is 264 g/mol. The molecule has 0 spiro atoms. The fourth-order valence-corrected chi connectivity index (χ4v) is 4.02. The average molecular weight is 295 g/mol. The molecule has 1 fully saturated rings. The Morgan fingerprint density at radius 1 is 1.40 bits per heavy atom. The Labute approximate surface area is 128 Å². The van der Waals surface area contributed by atoms with E-state index in [0.29, 0.717) is 11.6 Å². The van der Waals surface area contributed by atoms with Gasteiger partial charge in [0.05, 0.1) is 0 Å². The molecule has 1 aromatic heterocycles. The van der Waals surface area contributed by atoms with E-state index in [1.165, 1.54) is 31.4 Å². The highest BCUT2D eigenvalue weighted by atomic mass is 32.1. The highest BCUT2D eigenvalue weighted by molar-refractivity contribution is 7.07. The summed E-state index contributed by atoms with van der Waals surface area (Å²) in [6.45, 7) is 12.8. The lowest BCUT2D eigenvalue weighted by molar-refractivity contribution is 0.0396. The quantitative estimate of drug-likeness (QED) is 0.849. The SMILES string of the molecule is CCC(C)C1CNC(CC)(CC)CN1Cc1ccsc1. The van der Waals surface area contributed by atoms with Crippen LogP contribution in [0.1, 0.15) is 52.5 Å². The normalized spacial score (nSPS) is 24.7. The highest BCUT2D eigenvalue weighted by Gasteiger charge is 2.38. The Morgan fingerprint density at radius 3 is 2.70 bits per heavy atom. The minimum Gasteiger partial charge on any atom is -0.308 e. The molecule has 1 aliphatic heterocycles. The van der Waals surface area contributed by atoms with Gasteiger partial charge in [-0.1, -0.05) is 34.1 Å². The Bertz CT molecular complexity index is 384. The summed E-state index contributed by atoms with van der Waals surface area (Å²) in [7, 11) is 0. The van der Waals surface area contributed by atoms with Crippen molar-refractivity contribution in [1.82, 2.24) is 10.2 Å². The summed E-state index contributed by atoms with van der Waals surface area (Å²) in [5.74, 6) is 0.757. The molecule has 0 radical (unpaired) electrons. The molecule has 1 saturated heterocycles. The average Bonchev–Trinajstić information content (AvgIpc) is 2.99. The van der Waals surface area contributed by atoms with Crippen LogP contribution in [0.3, 0.4) is 0 Å². The third kappa shape index (κ3) is 3.44. The standard InChI is InChI=1S/C17H30N2S/c1-5-14(4)16-10-18-17(6-2,7-3)13-19(16)11-15-8-9-20-12-15/h8-9,12,14,16,18H,5-7,10-11,13H2,1-4H3. The number of hydrogen-bond donors (Lipinski definition) is 1. The fourth-order valence-electron chi connectivity index (χ4n) is 3.36. The second-order valence-corrected chi connectivity index (χ2v) is 7.14. The number of rotatable bonds is 6. The first-order valence-electron chi connectivity index (χ1n) is 8.14. The van der Waals surface area contributed by atoms with Crippen LogP contribution in [-0.2, 0) is 6.54 Å². The van der Waals surface area contributed by atoms with Crippen LogP contribution in [0.15, 0.2) is 16.8 Å². The molecule has 2 rings (SSSR count). The Hall–Kier alpha value is -0.380. The van der Waals surface area contributed by atoms with Crippen molar-refractivity contribution in [2.45, 2.75) is 65.1 Å². The molecule has 3 heteroatoms. The van der Waals surface area contributed by atoms with Gasteiger partial charge in [-0.15, -0.1) is 0 Å². The van der Waals surface area contributed by atoms with Crippen LogP contribution in [-0.4, -0.2) is 29.6 Å². The van der Waals surface area contributed by atoms with E-state index in [-0.39, 0.29) is 0 Å². The van der Waals surface area contributed by atoms with Gasteiger partial charge in [-0.2, -0.15) is 11.3 Å². The largest absolute Gasteiger partial charge is 0.308 e. The first kappa shape index (κ1) is 16.0. The minimum absolute atomic E-state index is 0.319. The van der Waals surface area contributed by atoms with Gasteiger partial charge in [0.1, 0.15) is 0 Å². The van der Waals surface area contributed by atoms with Crippen LogP contribution in [0.2, 0.25) is 0 Å². The van der Waals surface area contributed by atoms with Crippen molar-refractivity contribution < 1.29 is 0 Å². The zero-order chi connectivity index (χ0) is 14.6. The third-order valence-electron chi connectivity index (χ3n) is 5.28. The maximum atomic E-state index is 3.87. The van der Waals surface area contributed by atoms with Crippen LogP contribution < -0.4 is 5.32 Å².